The summed E-state index contributed by atoms with van der Waals surface area (Å²) < 4.78 is 5.72. The van der Waals surface area contributed by atoms with Crippen LogP contribution in [0, 0.1) is 5.92 Å². The monoisotopic (exact) mass is 287 g/mol. The van der Waals surface area contributed by atoms with Crippen LogP contribution in [0.1, 0.15) is 39.2 Å². The fourth-order valence-electron chi connectivity index (χ4n) is 2.92. The van der Waals surface area contributed by atoms with E-state index in [0.717, 1.165) is 24.8 Å². The first-order valence-corrected chi connectivity index (χ1v) is 7.84. The molecule has 0 aromatic heterocycles. The highest BCUT2D eigenvalue weighted by atomic mass is 16.5. The van der Waals surface area contributed by atoms with E-state index >= 15 is 0 Å². The molecular weight excluding hydrogens is 262 g/mol. The summed E-state index contributed by atoms with van der Waals surface area (Å²) in [5.74, 6) is 2.39. The smallest absolute Gasteiger partial charge is 0.192 e. The quantitative estimate of drug-likeness (QED) is 0.906. The molecule has 3 rings (SSSR count). The summed E-state index contributed by atoms with van der Waals surface area (Å²) in [6.07, 6.45) is 2.84. The van der Waals surface area contributed by atoms with Crippen LogP contribution in [0.25, 0.3) is 0 Å². The summed E-state index contributed by atoms with van der Waals surface area (Å²) in [4.78, 5) is 6.77. The van der Waals surface area contributed by atoms with E-state index in [-0.39, 0.29) is 11.6 Å². The molecule has 0 saturated heterocycles. The van der Waals surface area contributed by atoms with Gasteiger partial charge in [-0.1, -0.05) is 12.1 Å². The molecule has 1 atom stereocenters. The van der Waals surface area contributed by atoms with Gasteiger partial charge in [0.05, 0.1) is 18.2 Å². The standard InChI is InChI=1S/C17H25N3O/c1-12(2)21-15-8-6-14(7-9-15)17(3)11-19-16(18)20(17)10-13-4-5-13/h6-9,12-13H,4-5,10-11H2,1-3H3,(H2,18,19). The van der Waals surface area contributed by atoms with Crippen LogP contribution in [-0.4, -0.2) is 30.1 Å². The summed E-state index contributed by atoms with van der Waals surface area (Å²) in [5, 5.41) is 0. The Morgan fingerprint density at radius 3 is 2.57 bits per heavy atom. The molecule has 4 nitrogen and oxygen atoms in total. The van der Waals surface area contributed by atoms with Gasteiger partial charge in [-0.05, 0) is 57.2 Å². The predicted molar refractivity (Wildman–Crippen MR) is 85.5 cm³/mol. The van der Waals surface area contributed by atoms with E-state index in [1.165, 1.54) is 18.4 Å². The predicted octanol–water partition coefficient (Wildman–Crippen LogP) is 2.73. The first kappa shape index (κ1) is 14.2. The molecule has 0 radical (unpaired) electrons. The zero-order chi connectivity index (χ0) is 15.0. The number of hydrogen-bond donors (Lipinski definition) is 1. The lowest BCUT2D eigenvalue weighted by Crippen LogP contribution is -2.48. The largest absolute Gasteiger partial charge is 0.491 e. The zero-order valence-electron chi connectivity index (χ0n) is 13.2. The van der Waals surface area contributed by atoms with Gasteiger partial charge >= 0.3 is 0 Å². The van der Waals surface area contributed by atoms with Crippen molar-refractivity contribution in [2.45, 2.75) is 45.3 Å². The maximum absolute atomic E-state index is 6.12. The Morgan fingerprint density at radius 1 is 1.33 bits per heavy atom. The van der Waals surface area contributed by atoms with Crippen LogP contribution < -0.4 is 10.5 Å². The average molecular weight is 287 g/mol. The third kappa shape index (κ3) is 2.85. The Bertz CT molecular complexity index is 533. The summed E-state index contributed by atoms with van der Waals surface area (Å²) in [6.45, 7) is 8.07. The average Bonchev–Trinajstić information content (AvgIpc) is 3.21. The second kappa shape index (κ2) is 5.24. The number of nitrogens with two attached hydrogens (primary N) is 1. The highest BCUT2D eigenvalue weighted by Gasteiger charge is 2.41. The molecule has 21 heavy (non-hydrogen) atoms. The van der Waals surface area contributed by atoms with E-state index in [4.69, 9.17) is 10.5 Å². The molecule has 4 heteroatoms. The van der Waals surface area contributed by atoms with Crippen LogP contribution in [0.3, 0.4) is 0 Å². The van der Waals surface area contributed by atoms with Crippen molar-refractivity contribution in [1.82, 2.24) is 4.90 Å². The van der Waals surface area contributed by atoms with Crippen molar-refractivity contribution in [2.75, 3.05) is 13.1 Å². The van der Waals surface area contributed by atoms with Crippen LogP contribution >= 0.6 is 0 Å². The van der Waals surface area contributed by atoms with Gasteiger partial charge in [0.15, 0.2) is 5.96 Å². The summed E-state index contributed by atoms with van der Waals surface area (Å²) >= 11 is 0. The maximum Gasteiger partial charge on any atom is 0.192 e. The molecule has 1 fully saturated rings. The van der Waals surface area contributed by atoms with E-state index in [2.05, 4.69) is 28.9 Å². The van der Waals surface area contributed by atoms with Gasteiger partial charge in [0.2, 0.25) is 0 Å². The maximum atomic E-state index is 6.12. The van der Waals surface area contributed by atoms with Gasteiger partial charge in [-0.2, -0.15) is 0 Å². The molecule has 1 aromatic rings. The van der Waals surface area contributed by atoms with Gasteiger partial charge in [-0.25, -0.2) is 0 Å². The molecule has 1 unspecified atom stereocenters. The molecule has 1 heterocycles. The van der Waals surface area contributed by atoms with Crippen LogP contribution in [0.5, 0.6) is 5.75 Å². The second-order valence-corrected chi connectivity index (χ2v) is 6.69. The number of hydrogen-bond acceptors (Lipinski definition) is 4. The topological polar surface area (TPSA) is 50.9 Å². The minimum atomic E-state index is -0.122. The van der Waals surface area contributed by atoms with E-state index < -0.39 is 0 Å². The Labute approximate surface area is 127 Å². The first-order valence-electron chi connectivity index (χ1n) is 7.84. The summed E-state index contributed by atoms with van der Waals surface area (Å²) in [6, 6.07) is 8.38. The van der Waals surface area contributed by atoms with Gasteiger partial charge in [-0.15, -0.1) is 0 Å². The Morgan fingerprint density at radius 2 is 2.00 bits per heavy atom. The van der Waals surface area contributed by atoms with Crippen molar-refractivity contribution in [3.05, 3.63) is 29.8 Å². The number of aliphatic imine (C=N–C) groups is 1. The number of benzene rings is 1. The zero-order valence-corrected chi connectivity index (χ0v) is 13.2. The highest BCUT2D eigenvalue weighted by Crippen LogP contribution is 2.38. The van der Waals surface area contributed by atoms with E-state index in [1.54, 1.807) is 0 Å². The van der Waals surface area contributed by atoms with E-state index in [0.29, 0.717) is 5.96 Å². The summed E-state index contributed by atoms with van der Waals surface area (Å²) in [5.41, 5.74) is 7.25. The molecule has 1 aliphatic carbocycles. The molecule has 0 spiro atoms. The van der Waals surface area contributed by atoms with Crippen molar-refractivity contribution in [1.29, 1.82) is 0 Å². The van der Waals surface area contributed by atoms with Crippen molar-refractivity contribution < 1.29 is 4.74 Å². The Balaban J connectivity index is 1.80. The molecule has 0 bridgehead atoms. The highest BCUT2D eigenvalue weighted by molar-refractivity contribution is 5.81. The van der Waals surface area contributed by atoms with Crippen LogP contribution in [0.2, 0.25) is 0 Å². The number of nitrogens with zero attached hydrogens (tertiary/aromatic N) is 2. The van der Waals surface area contributed by atoms with Gasteiger partial charge in [0.25, 0.3) is 0 Å². The van der Waals surface area contributed by atoms with Gasteiger partial charge in [0, 0.05) is 6.54 Å². The first-order chi connectivity index (χ1) is 9.99. The molecule has 2 aliphatic rings. The minimum absolute atomic E-state index is 0.122. The normalized spacial score (nSPS) is 25.3. The molecular formula is C17H25N3O. The SMILES string of the molecule is CC(C)Oc1ccc(C2(C)CN=C(N)N2CC2CC2)cc1. The summed E-state index contributed by atoms with van der Waals surface area (Å²) in [7, 11) is 0. The molecule has 1 saturated carbocycles. The van der Waals surface area contributed by atoms with Crippen molar-refractivity contribution in [3.63, 3.8) is 0 Å². The van der Waals surface area contributed by atoms with Gasteiger partial charge in [-0.3, -0.25) is 4.99 Å². The van der Waals surface area contributed by atoms with Gasteiger partial charge in [0.1, 0.15) is 5.75 Å². The van der Waals surface area contributed by atoms with Crippen LogP contribution in [0.4, 0.5) is 0 Å². The fraction of sp³-hybridized carbons (Fsp3) is 0.588. The van der Waals surface area contributed by atoms with E-state index in [9.17, 15) is 0 Å². The van der Waals surface area contributed by atoms with Crippen molar-refractivity contribution in [2.24, 2.45) is 16.6 Å². The van der Waals surface area contributed by atoms with E-state index in [1.807, 2.05) is 26.0 Å². The van der Waals surface area contributed by atoms with Crippen molar-refractivity contribution >= 4 is 5.96 Å². The lowest BCUT2D eigenvalue weighted by atomic mass is 9.90. The lowest BCUT2D eigenvalue weighted by molar-refractivity contribution is 0.216. The number of ether oxygens (including phenoxy) is 1. The van der Waals surface area contributed by atoms with Crippen LogP contribution in [-0.2, 0) is 5.54 Å². The Hall–Kier alpha value is -1.71. The lowest BCUT2D eigenvalue weighted by Gasteiger charge is -2.37. The fourth-order valence-corrected chi connectivity index (χ4v) is 2.92. The van der Waals surface area contributed by atoms with Crippen molar-refractivity contribution in [3.8, 4) is 5.75 Å². The molecule has 0 amide bonds. The third-order valence-corrected chi connectivity index (χ3v) is 4.41. The Kier molecular flexibility index (Phi) is 3.56. The third-order valence-electron chi connectivity index (χ3n) is 4.41. The molecule has 114 valence electrons. The molecule has 1 aromatic carbocycles. The minimum Gasteiger partial charge on any atom is -0.491 e. The number of guanidine groups is 1. The number of rotatable bonds is 5. The van der Waals surface area contributed by atoms with Crippen LogP contribution in [0.15, 0.2) is 29.3 Å². The second-order valence-electron chi connectivity index (χ2n) is 6.69. The molecule has 2 N–H and O–H groups in total. The van der Waals surface area contributed by atoms with Gasteiger partial charge < -0.3 is 15.4 Å². The molecule has 1 aliphatic heterocycles.